The van der Waals surface area contributed by atoms with Gasteiger partial charge in [-0.1, -0.05) is 41.0 Å². The van der Waals surface area contributed by atoms with Crippen molar-refractivity contribution in [2.75, 3.05) is 4.90 Å². The number of halogens is 1. The molecule has 0 radical (unpaired) electrons. The van der Waals surface area contributed by atoms with Gasteiger partial charge in [-0.2, -0.15) is 0 Å². The van der Waals surface area contributed by atoms with Gasteiger partial charge >= 0.3 is 0 Å². The van der Waals surface area contributed by atoms with Crippen LogP contribution in [0.3, 0.4) is 0 Å². The average Bonchev–Trinajstić information content (AvgIpc) is 3.30. The maximum absolute atomic E-state index is 13.1. The van der Waals surface area contributed by atoms with E-state index in [1.54, 1.807) is 24.3 Å². The van der Waals surface area contributed by atoms with Crippen molar-refractivity contribution < 1.29 is 9.59 Å². The summed E-state index contributed by atoms with van der Waals surface area (Å²) in [6.45, 7) is 0. The molecule has 1 heterocycles. The summed E-state index contributed by atoms with van der Waals surface area (Å²) in [7, 11) is 0. The van der Waals surface area contributed by atoms with Gasteiger partial charge in [0.2, 0.25) is 11.8 Å². The van der Waals surface area contributed by atoms with Crippen molar-refractivity contribution in [1.82, 2.24) is 0 Å². The second-order valence-electron chi connectivity index (χ2n) is 7.25. The summed E-state index contributed by atoms with van der Waals surface area (Å²) in [4.78, 5) is 27.5. The topological polar surface area (TPSA) is 37.4 Å². The highest BCUT2D eigenvalue weighted by Crippen LogP contribution is 2.58. The normalized spacial score (nSPS) is 34.0. The molecule has 2 saturated carbocycles. The summed E-state index contributed by atoms with van der Waals surface area (Å²) in [5, 5.41) is 0.542. The first-order valence-electron chi connectivity index (χ1n) is 8.70. The minimum atomic E-state index is -0.213. The maximum Gasteiger partial charge on any atom is 0.238 e. The Morgan fingerprint density at radius 1 is 0.958 bits per heavy atom. The van der Waals surface area contributed by atoms with Gasteiger partial charge in [0.05, 0.1) is 17.5 Å². The zero-order valence-electron chi connectivity index (χ0n) is 13.2. The quantitative estimate of drug-likeness (QED) is 0.570. The van der Waals surface area contributed by atoms with E-state index in [1.165, 1.54) is 28.9 Å². The van der Waals surface area contributed by atoms with E-state index < -0.39 is 0 Å². The number of benzene rings is 1. The smallest absolute Gasteiger partial charge is 0.238 e. The number of allylic oxidation sites excluding steroid dienone is 4. The van der Waals surface area contributed by atoms with Crippen LogP contribution in [0.1, 0.15) is 25.7 Å². The summed E-state index contributed by atoms with van der Waals surface area (Å²) in [6.07, 6.45) is 9.10. The molecule has 1 aliphatic heterocycles. The van der Waals surface area contributed by atoms with E-state index in [2.05, 4.69) is 12.2 Å². The SMILES string of the molecule is O=C1[C@@H]2[C@H](C(=O)N1c1cccc(Cl)c1)[C@H]1C=C[C@H]2C1=C1CCCC1. The van der Waals surface area contributed by atoms with Gasteiger partial charge in [-0.15, -0.1) is 0 Å². The Kier molecular flexibility index (Phi) is 3.05. The molecule has 4 aliphatic rings. The Labute approximate surface area is 146 Å². The molecule has 3 nitrogen and oxygen atoms in total. The lowest BCUT2D eigenvalue weighted by Gasteiger charge is -2.20. The van der Waals surface area contributed by atoms with Gasteiger partial charge in [0.15, 0.2) is 0 Å². The van der Waals surface area contributed by atoms with Gasteiger partial charge in [-0.05, 0) is 43.9 Å². The molecule has 0 N–H and O–H groups in total. The highest BCUT2D eigenvalue weighted by molar-refractivity contribution is 6.31. The summed E-state index contributed by atoms with van der Waals surface area (Å²) in [5.41, 5.74) is 3.51. The van der Waals surface area contributed by atoms with Gasteiger partial charge < -0.3 is 0 Å². The highest BCUT2D eigenvalue weighted by Gasteiger charge is 2.62. The number of hydrogen-bond acceptors (Lipinski definition) is 2. The highest BCUT2D eigenvalue weighted by atomic mass is 35.5. The third-order valence-corrected chi connectivity index (χ3v) is 6.33. The van der Waals surface area contributed by atoms with E-state index in [0.717, 1.165) is 12.8 Å². The number of amides is 2. The van der Waals surface area contributed by atoms with Crippen molar-refractivity contribution in [2.45, 2.75) is 25.7 Å². The lowest BCUT2D eigenvalue weighted by Crippen LogP contribution is -2.33. The molecule has 4 atom stereocenters. The maximum atomic E-state index is 13.1. The number of imide groups is 1. The van der Waals surface area contributed by atoms with Crippen molar-refractivity contribution in [3.63, 3.8) is 0 Å². The van der Waals surface area contributed by atoms with Crippen LogP contribution in [0.2, 0.25) is 5.02 Å². The molecule has 1 aromatic carbocycles. The fourth-order valence-corrected chi connectivity index (χ4v) is 5.38. The molecule has 2 bridgehead atoms. The van der Waals surface area contributed by atoms with Gasteiger partial charge in [0.25, 0.3) is 0 Å². The number of carbonyl (C=O) groups excluding carboxylic acids is 2. The second-order valence-corrected chi connectivity index (χ2v) is 7.68. The molecular formula is C20H18ClNO2. The van der Waals surface area contributed by atoms with Crippen molar-refractivity contribution >= 4 is 29.1 Å². The monoisotopic (exact) mass is 339 g/mol. The first-order chi connectivity index (χ1) is 11.7. The van der Waals surface area contributed by atoms with Gasteiger partial charge in [-0.3, -0.25) is 9.59 Å². The van der Waals surface area contributed by atoms with Crippen LogP contribution in [-0.2, 0) is 9.59 Å². The Morgan fingerprint density at radius 3 is 2.17 bits per heavy atom. The fourth-order valence-electron chi connectivity index (χ4n) is 5.19. The molecule has 2 amide bonds. The van der Waals surface area contributed by atoms with E-state index in [1.807, 2.05) is 0 Å². The van der Waals surface area contributed by atoms with Crippen molar-refractivity contribution in [2.24, 2.45) is 23.7 Å². The van der Waals surface area contributed by atoms with Crippen LogP contribution in [0.25, 0.3) is 0 Å². The van der Waals surface area contributed by atoms with Gasteiger partial charge in [-0.25, -0.2) is 4.90 Å². The Hall–Kier alpha value is -1.87. The summed E-state index contributed by atoms with van der Waals surface area (Å²) in [6, 6.07) is 7.02. The lowest BCUT2D eigenvalue weighted by molar-refractivity contribution is -0.122. The van der Waals surface area contributed by atoms with Crippen LogP contribution >= 0.6 is 11.6 Å². The van der Waals surface area contributed by atoms with Crippen LogP contribution in [-0.4, -0.2) is 11.8 Å². The minimum Gasteiger partial charge on any atom is -0.274 e. The van der Waals surface area contributed by atoms with E-state index in [4.69, 9.17) is 11.6 Å². The number of anilines is 1. The Bertz CT molecular complexity index is 783. The molecule has 1 aromatic rings. The number of nitrogens with zero attached hydrogens (tertiary/aromatic N) is 1. The summed E-state index contributed by atoms with van der Waals surface area (Å²) in [5.74, 6) is -0.271. The fraction of sp³-hybridized carbons (Fsp3) is 0.400. The minimum absolute atomic E-state index is 0.0554. The van der Waals surface area contributed by atoms with Crippen LogP contribution in [0.5, 0.6) is 0 Å². The largest absolute Gasteiger partial charge is 0.274 e. The number of carbonyl (C=O) groups is 2. The second kappa shape index (κ2) is 5.06. The van der Waals surface area contributed by atoms with E-state index in [0.29, 0.717) is 10.7 Å². The van der Waals surface area contributed by atoms with Crippen molar-refractivity contribution in [3.05, 3.63) is 52.6 Å². The molecule has 0 spiro atoms. The van der Waals surface area contributed by atoms with Gasteiger partial charge in [0, 0.05) is 16.9 Å². The van der Waals surface area contributed by atoms with Crippen LogP contribution in [0.4, 0.5) is 5.69 Å². The van der Waals surface area contributed by atoms with Crippen LogP contribution in [0.15, 0.2) is 47.6 Å². The average molecular weight is 340 g/mol. The first-order valence-corrected chi connectivity index (χ1v) is 9.08. The number of rotatable bonds is 1. The standard InChI is InChI=1S/C20H18ClNO2/c21-12-6-3-7-13(10-12)22-19(23)17-14-8-9-15(18(17)20(22)24)16(14)11-4-1-2-5-11/h3,6-10,14-15,17-18H,1-2,4-5H2/t14-,15-,17-,18+/m0/s1. The predicted octanol–water partition coefficient (Wildman–Crippen LogP) is 4.13. The molecule has 0 aromatic heterocycles. The van der Waals surface area contributed by atoms with Gasteiger partial charge in [0.1, 0.15) is 0 Å². The molecule has 122 valence electrons. The number of hydrogen-bond donors (Lipinski definition) is 0. The summed E-state index contributed by atoms with van der Waals surface area (Å²) < 4.78 is 0. The van der Waals surface area contributed by atoms with Crippen molar-refractivity contribution in [1.29, 1.82) is 0 Å². The van der Waals surface area contributed by atoms with Crippen molar-refractivity contribution in [3.8, 4) is 0 Å². The Morgan fingerprint density at radius 2 is 1.58 bits per heavy atom. The first kappa shape index (κ1) is 14.5. The zero-order chi connectivity index (χ0) is 16.4. The lowest BCUT2D eigenvalue weighted by atomic mass is 9.85. The molecule has 1 saturated heterocycles. The molecule has 0 unspecified atom stereocenters. The number of fused-ring (bicyclic) bond motifs is 5. The molecule has 3 fully saturated rings. The predicted molar refractivity (Wildman–Crippen MR) is 92.5 cm³/mol. The third-order valence-electron chi connectivity index (χ3n) is 6.10. The Balaban J connectivity index is 1.56. The molecule has 4 heteroatoms. The summed E-state index contributed by atoms with van der Waals surface area (Å²) >= 11 is 6.05. The van der Waals surface area contributed by atoms with Crippen LogP contribution in [0, 0.1) is 23.7 Å². The van der Waals surface area contributed by atoms with E-state index >= 15 is 0 Å². The molecule has 24 heavy (non-hydrogen) atoms. The zero-order valence-corrected chi connectivity index (χ0v) is 14.0. The molecule has 3 aliphatic carbocycles. The molecule has 5 rings (SSSR count). The molecular weight excluding hydrogens is 322 g/mol. The van der Waals surface area contributed by atoms with Crippen LogP contribution < -0.4 is 4.90 Å². The van der Waals surface area contributed by atoms with E-state index in [9.17, 15) is 9.59 Å². The third kappa shape index (κ3) is 1.79. The van der Waals surface area contributed by atoms with E-state index in [-0.39, 0.29) is 35.5 Å².